The molecule has 0 N–H and O–H groups in total. The molecule has 12 heteroatoms. The molecule has 1 aliphatic heterocycles. The summed E-state index contributed by atoms with van der Waals surface area (Å²) in [4.78, 5) is 16.2. The molecule has 1 saturated heterocycles. The lowest BCUT2D eigenvalue weighted by molar-refractivity contribution is 0.0382. The number of para-hydroxylation sites is 2. The van der Waals surface area contributed by atoms with E-state index in [1.54, 1.807) is 12.1 Å². The highest BCUT2D eigenvalue weighted by atomic mass is 32.2. The summed E-state index contributed by atoms with van der Waals surface area (Å²) in [5.41, 5.74) is -0.194. The molecule has 2 heterocycles. The Morgan fingerprint density at radius 1 is 1.16 bits per heavy atom. The number of aromatic nitrogens is 2. The van der Waals surface area contributed by atoms with Gasteiger partial charge in [-0.2, -0.15) is 13.1 Å². The molecule has 1 fully saturated rings. The molecule has 0 radical (unpaired) electrons. The van der Waals surface area contributed by atoms with E-state index in [0.717, 1.165) is 18.2 Å². The highest BCUT2D eigenvalue weighted by Crippen LogP contribution is 2.25. The van der Waals surface area contributed by atoms with Crippen LogP contribution in [0.25, 0.3) is 11.0 Å². The Labute approximate surface area is 181 Å². The highest BCUT2D eigenvalue weighted by molar-refractivity contribution is 7.89. The first-order valence-electron chi connectivity index (χ1n) is 9.57. The smallest absolute Gasteiger partial charge is 0.341 e. The first kappa shape index (κ1) is 22.2. The zero-order chi connectivity index (χ0) is 22.9. The molecule has 0 unspecified atom stereocenters. The third-order valence-corrected chi connectivity index (χ3v) is 6.86. The van der Waals surface area contributed by atoms with Gasteiger partial charge < -0.3 is 9.47 Å². The molecule has 1 aromatic heterocycles. The average Bonchev–Trinajstić information content (AvgIpc) is 3.17. The summed E-state index contributed by atoms with van der Waals surface area (Å²) in [6.07, 6.45) is 0. The molecular weight excluding hydrogens is 451 g/mol. The van der Waals surface area contributed by atoms with Crippen LogP contribution in [0.2, 0.25) is 0 Å². The van der Waals surface area contributed by atoms with Crippen molar-refractivity contribution in [1.82, 2.24) is 13.9 Å². The molecule has 8 nitrogen and oxygen atoms in total. The average molecular weight is 469 g/mol. The van der Waals surface area contributed by atoms with E-state index in [2.05, 4.69) is 4.98 Å². The van der Waals surface area contributed by atoms with Gasteiger partial charge in [-0.3, -0.25) is 4.57 Å². The summed E-state index contributed by atoms with van der Waals surface area (Å²) < 4.78 is 78.8. The zero-order valence-electron chi connectivity index (χ0n) is 16.6. The summed E-state index contributed by atoms with van der Waals surface area (Å²) >= 11 is 0. The van der Waals surface area contributed by atoms with Crippen LogP contribution in [0, 0.1) is 5.82 Å². The Morgan fingerprint density at radius 2 is 1.88 bits per heavy atom. The minimum absolute atomic E-state index is 0.128. The number of rotatable bonds is 6. The van der Waals surface area contributed by atoms with Crippen LogP contribution in [0.1, 0.15) is 22.7 Å². The third-order valence-electron chi connectivity index (χ3n) is 4.96. The van der Waals surface area contributed by atoms with Crippen molar-refractivity contribution in [1.29, 1.82) is 0 Å². The number of morpholine rings is 1. The maximum atomic E-state index is 14.3. The minimum atomic E-state index is -3.97. The predicted octanol–water partition coefficient (Wildman–Crippen LogP) is 2.95. The number of carbonyl (C=O) groups is 1. The standard InChI is InChI=1S/C20H18F3N3O5S/c21-15-6-5-13(32(28,29)25-7-9-30-10-8-25)11-14(15)19(27)31-12-18-24-16-3-1-2-4-17(16)26(18)20(22)23/h1-6,11,20H,7-10,12H2. The molecule has 3 aromatic rings. The van der Waals surface area contributed by atoms with E-state index in [1.165, 1.54) is 16.4 Å². The molecule has 1 aliphatic rings. The van der Waals surface area contributed by atoms with Crippen LogP contribution in [0.4, 0.5) is 13.2 Å². The molecule has 0 amide bonds. The molecule has 0 aliphatic carbocycles. The van der Waals surface area contributed by atoms with E-state index < -0.39 is 40.5 Å². The third kappa shape index (κ3) is 4.20. The van der Waals surface area contributed by atoms with Gasteiger partial charge in [-0.25, -0.2) is 22.6 Å². The molecule has 0 bridgehead atoms. The van der Waals surface area contributed by atoms with Crippen molar-refractivity contribution in [3.63, 3.8) is 0 Å². The molecule has 0 saturated carbocycles. The number of fused-ring (bicyclic) bond motifs is 1. The van der Waals surface area contributed by atoms with Gasteiger partial charge in [-0.1, -0.05) is 12.1 Å². The predicted molar refractivity (Wildman–Crippen MR) is 106 cm³/mol. The quantitative estimate of drug-likeness (QED) is 0.516. The Morgan fingerprint density at radius 3 is 2.59 bits per heavy atom. The lowest BCUT2D eigenvalue weighted by Crippen LogP contribution is -2.40. The number of ether oxygens (including phenoxy) is 2. The number of halogens is 3. The van der Waals surface area contributed by atoms with Crippen LogP contribution in [-0.4, -0.2) is 54.5 Å². The van der Waals surface area contributed by atoms with Gasteiger partial charge in [0.1, 0.15) is 12.4 Å². The number of hydrogen-bond donors (Lipinski definition) is 0. The highest BCUT2D eigenvalue weighted by Gasteiger charge is 2.28. The van der Waals surface area contributed by atoms with Gasteiger partial charge in [0, 0.05) is 13.1 Å². The largest absolute Gasteiger partial charge is 0.454 e. The van der Waals surface area contributed by atoms with Gasteiger partial charge in [-0.15, -0.1) is 0 Å². The van der Waals surface area contributed by atoms with E-state index >= 15 is 0 Å². The second-order valence-electron chi connectivity index (χ2n) is 6.90. The molecule has 2 aromatic carbocycles. The van der Waals surface area contributed by atoms with E-state index in [-0.39, 0.29) is 48.1 Å². The van der Waals surface area contributed by atoms with Crippen molar-refractivity contribution < 1.29 is 35.9 Å². The van der Waals surface area contributed by atoms with Crippen LogP contribution in [0.3, 0.4) is 0 Å². The van der Waals surface area contributed by atoms with Crippen LogP contribution in [0.15, 0.2) is 47.4 Å². The normalized spacial score (nSPS) is 15.4. The van der Waals surface area contributed by atoms with E-state index in [4.69, 9.17) is 9.47 Å². The fourth-order valence-electron chi connectivity index (χ4n) is 3.38. The van der Waals surface area contributed by atoms with E-state index in [1.807, 2.05) is 0 Å². The zero-order valence-corrected chi connectivity index (χ0v) is 17.4. The number of benzene rings is 2. The van der Waals surface area contributed by atoms with Gasteiger partial charge in [0.05, 0.1) is 34.7 Å². The molecule has 0 atom stereocenters. The second-order valence-corrected chi connectivity index (χ2v) is 8.84. The van der Waals surface area contributed by atoms with Crippen molar-refractivity contribution in [3.05, 3.63) is 59.7 Å². The lowest BCUT2D eigenvalue weighted by Gasteiger charge is -2.26. The molecule has 0 spiro atoms. The van der Waals surface area contributed by atoms with Crippen LogP contribution < -0.4 is 0 Å². The summed E-state index contributed by atoms with van der Waals surface area (Å²) in [6, 6.07) is 8.92. The van der Waals surface area contributed by atoms with Crippen molar-refractivity contribution in [2.24, 2.45) is 0 Å². The minimum Gasteiger partial charge on any atom is -0.454 e. The van der Waals surface area contributed by atoms with Crippen molar-refractivity contribution in [2.75, 3.05) is 26.3 Å². The van der Waals surface area contributed by atoms with Gasteiger partial charge in [-0.05, 0) is 30.3 Å². The number of alkyl halides is 2. The topological polar surface area (TPSA) is 90.7 Å². The Hall–Kier alpha value is -2.96. The Bertz CT molecular complexity index is 1260. The van der Waals surface area contributed by atoms with Crippen LogP contribution in [-0.2, 0) is 26.1 Å². The van der Waals surface area contributed by atoms with Gasteiger partial charge in [0.15, 0.2) is 5.82 Å². The summed E-state index contributed by atoms with van der Waals surface area (Å²) in [6.45, 7) is -2.89. The number of carbonyl (C=O) groups excluding carboxylic acids is 1. The van der Waals surface area contributed by atoms with Crippen LogP contribution >= 0.6 is 0 Å². The monoisotopic (exact) mass is 469 g/mol. The molecule has 32 heavy (non-hydrogen) atoms. The second kappa shape index (κ2) is 8.88. The first-order chi connectivity index (χ1) is 15.3. The SMILES string of the molecule is O=C(OCc1nc2ccccc2n1C(F)F)c1cc(S(=O)(=O)N2CCOCC2)ccc1F. The Balaban J connectivity index is 1.57. The maximum absolute atomic E-state index is 14.3. The number of hydrogen-bond acceptors (Lipinski definition) is 6. The van der Waals surface area contributed by atoms with Crippen molar-refractivity contribution in [2.45, 2.75) is 18.1 Å². The first-order valence-corrected chi connectivity index (χ1v) is 11.0. The molecule has 170 valence electrons. The number of imidazole rings is 1. The summed E-state index contributed by atoms with van der Waals surface area (Å²) in [7, 11) is -3.97. The number of nitrogens with zero attached hydrogens (tertiary/aromatic N) is 3. The number of esters is 1. The Kier molecular flexibility index (Phi) is 6.17. The van der Waals surface area contributed by atoms with Crippen molar-refractivity contribution in [3.8, 4) is 0 Å². The molecular formula is C20H18F3N3O5S. The van der Waals surface area contributed by atoms with E-state index in [0.29, 0.717) is 4.57 Å². The maximum Gasteiger partial charge on any atom is 0.341 e. The van der Waals surface area contributed by atoms with Crippen molar-refractivity contribution >= 4 is 27.0 Å². The fraction of sp³-hybridized carbons (Fsp3) is 0.300. The van der Waals surface area contributed by atoms with Gasteiger partial charge in [0.25, 0.3) is 0 Å². The fourth-order valence-corrected chi connectivity index (χ4v) is 4.81. The van der Waals surface area contributed by atoms with E-state index in [9.17, 15) is 26.4 Å². The van der Waals surface area contributed by atoms with Crippen LogP contribution in [0.5, 0.6) is 0 Å². The lowest BCUT2D eigenvalue weighted by atomic mass is 10.2. The number of sulfonamides is 1. The summed E-state index contributed by atoms with van der Waals surface area (Å²) in [5.74, 6) is -2.43. The van der Waals surface area contributed by atoms with Gasteiger partial charge >= 0.3 is 12.5 Å². The summed E-state index contributed by atoms with van der Waals surface area (Å²) in [5, 5.41) is 0. The van der Waals surface area contributed by atoms with Gasteiger partial charge in [0.2, 0.25) is 10.0 Å². The molecule has 4 rings (SSSR count).